The Morgan fingerprint density at radius 3 is 2.39 bits per heavy atom. The van der Waals surface area contributed by atoms with Crippen molar-refractivity contribution in [3.8, 4) is 0 Å². The topological polar surface area (TPSA) is 21.3 Å². The summed E-state index contributed by atoms with van der Waals surface area (Å²) in [5.41, 5.74) is 0. The van der Waals surface area contributed by atoms with Crippen molar-refractivity contribution in [1.29, 1.82) is 0 Å². The fourth-order valence-electron chi connectivity index (χ4n) is 3.26. The Kier molecular flexibility index (Phi) is 7.92. The fourth-order valence-corrected chi connectivity index (χ4v) is 3.26. The average Bonchev–Trinajstić information content (AvgIpc) is 2.27. The predicted molar refractivity (Wildman–Crippen MR) is 78.9 cm³/mol. The van der Waals surface area contributed by atoms with Crippen molar-refractivity contribution >= 4 is 0 Å². The monoisotopic (exact) mass is 255 g/mol. The van der Waals surface area contributed by atoms with E-state index in [1.807, 2.05) is 0 Å². The number of rotatable bonds is 8. The lowest BCUT2D eigenvalue weighted by atomic mass is 9.82. The summed E-state index contributed by atoms with van der Waals surface area (Å²) in [5, 5.41) is 3.46. The zero-order valence-corrected chi connectivity index (χ0v) is 12.9. The van der Waals surface area contributed by atoms with Gasteiger partial charge in [-0.15, -0.1) is 0 Å². The third-order valence-corrected chi connectivity index (χ3v) is 4.07. The van der Waals surface area contributed by atoms with Crippen LogP contribution in [0.2, 0.25) is 0 Å². The van der Waals surface area contributed by atoms with Crippen molar-refractivity contribution in [3.63, 3.8) is 0 Å². The van der Waals surface area contributed by atoms with Gasteiger partial charge in [-0.3, -0.25) is 0 Å². The maximum Gasteiger partial charge on any atom is 0.0580 e. The van der Waals surface area contributed by atoms with Gasteiger partial charge < -0.3 is 10.1 Å². The molecule has 0 amide bonds. The van der Waals surface area contributed by atoms with Crippen LogP contribution in [0.4, 0.5) is 0 Å². The Morgan fingerprint density at radius 1 is 1.11 bits per heavy atom. The maximum absolute atomic E-state index is 6.05. The SMILES string of the molecule is CCNC(C)CCCCOC1CC(C)CC(C)C1. The predicted octanol–water partition coefficient (Wildman–Crippen LogP) is 4.00. The van der Waals surface area contributed by atoms with Crippen LogP contribution in [0.25, 0.3) is 0 Å². The largest absolute Gasteiger partial charge is 0.378 e. The highest BCUT2D eigenvalue weighted by Gasteiger charge is 2.24. The van der Waals surface area contributed by atoms with E-state index in [0.717, 1.165) is 25.0 Å². The van der Waals surface area contributed by atoms with Crippen LogP contribution in [0, 0.1) is 11.8 Å². The molecule has 0 heterocycles. The second kappa shape index (κ2) is 8.92. The van der Waals surface area contributed by atoms with Crippen molar-refractivity contribution in [2.24, 2.45) is 11.8 Å². The van der Waals surface area contributed by atoms with E-state index in [4.69, 9.17) is 4.74 Å². The van der Waals surface area contributed by atoms with Crippen LogP contribution in [-0.4, -0.2) is 25.3 Å². The highest BCUT2D eigenvalue weighted by molar-refractivity contribution is 4.75. The molecule has 0 aromatic carbocycles. The fraction of sp³-hybridized carbons (Fsp3) is 1.00. The first-order chi connectivity index (χ1) is 8.61. The van der Waals surface area contributed by atoms with Gasteiger partial charge in [-0.2, -0.15) is 0 Å². The van der Waals surface area contributed by atoms with Crippen LogP contribution in [-0.2, 0) is 4.74 Å². The number of unbranched alkanes of at least 4 members (excludes halogenated alkanes) is 1. The molecular weight excluding hydrogens is 222 g/mol. The first kappa shape index (κ1) is 16.0. The second-order valence-electron chi connectivity index (χ2n) is 6.36. The van der Waals surface area contributed by atoms with Crippen molar-refractivity contribution < 1.29 is 4.74 Å². The molecule has 3 unspecified atom stereocenters. The minimum Gasteiger partial charge on any atom is -0.378 e. The molecule has 1 rings (SSSR count). The second-order valence-corrected chi connectivity index (χ2v) is 6.36. The van der Waals surface area contributed by atoms with Crippen LogP contribution in [0.1, 0.15) is 66.2 Å². The summed E-state index contributed by atoms with van der Waals surface area (Å²) in [6.45, 7) is 11.2. The van der Waals surface area contributed by atoms with Gasteiger partial charge in [0.25, 0.3) is 0 Å². The molecule has 18 heavy (non-hydrogen) atoms. The third-order valence-electron chi connectivity index (χ3n) is 4.07. The molecule has 3 atom stereocenters. The quantitative estimate of drug-likeness (QED) is 0.662. The smallest absolute Gasteiger partial charge is 0.0580 e. The molecule has 1 aliphatic rings. The van der Waals surface area contributed by atoms with E-state index in [9.17, 15) is 0 Å². The highest BCUT2D eigenvalue weighted by Crippen LogP contribution is 2.30. The van der Waals surface area contributed by atoms with Gasteiger partial charge in [-0.05, 0) is 63.8 Å². The van der Waals surface area contributed by atoms with Gasteiger partial charge in [0, 0.05) is 12.6 Å². The number of hydrogen-bond donors (Lipinski definition) is 1. The summed E-state index contributed by atoms with van der Waals surface area (Å²) in [5.74, 6) is 1.71. The highest BCUT2D eigenvalue weighted by atomic mass is 16.5. The van der Waals surface area contributed by atoms with E-state index >= 15 is 0 Å². The molecule has 2 nitrogen and oxygen atoms in total. The Balaban J connectivity index is 2.00. The molecule has 0 spiro atoms. The standard InChI is InChI=1S/C16H33NO/c1-5-17-15(4)8-6-7-9-18-16-11-13(2)10-14(3)12-16/h13-17H,5-12H2,1-4H3. The molecule has 0 bridgehead atoms. The lowest BCUT2D eigenvalue weighted by molar-refractivity contribution is -0.000715. The molecule has 0 aliphatic heterocycles. The van der Waals surface area contributed by atoms with Crippen LogP contribution in [0.15, 0.2) is 0 Å². The van der Waals surface area contributed by atoms with Crippen LogP contribution in [0.3, 0.4) is 0 Å². The summed E-state index contributed by atoms with van der Waals surface area (Å²) in [6, 6.07) is 0.657. The Morgan fingerprint density at radius 2 is 1.78 bits per heavy atom. The minimum absolute atomic E-state index is 0.537. The van der Waals surface area contributed by atoms with Crippen molar-refractivity contribution in [3.05, 3.63) is 0 Å². The lowest BCUT2D eigenvalue weighted by Gasteiger charge is -2.31. The van der Waals surface area contributed by atoms with E-state index in [1.54, 1.807) is 0 Å². The molecule has 2 heteroatoms. The Labute approximate surface area is 114 Å². The molecule has 1 aliphatic carbocycles. The molecule has 108 valence electrons. The van der Waals surface area contributed by atoms with Crippen molar-refractivity contribution in [2.75, 3.05) is 13.2 Å². The maximum atomic E-state index is 6.05. The normalized spacial score (nSPS) is 30.3. The zero-order chi connectivity index (χ0) is 13.4. The molecule has 0 radical (unpaired) electrons. The van der Waals surface area contributed by atoms with E-state index in [0.29, 0.717) is 12.1 Å². The minimum atomic E-state index is 0.537. The third kappa shape index (κ3) is 6.75. The van der Waals surface area contributed by atoms with E-state index in [2.05, 4.69) is 33.0 Å². The van der Waals surface area contributed by atoms with Gasteiger partial charge in [-0.1, -0.05) is 20.8 Å². The average molecular weight is 255 g/mol. The summed E-state index contributed by atoms with van der Waals surface area (Å²) < 4.78 is 6.05. The van der Waals surface area contributed by atoms with Crippen LogP contribution >= 0.6 is 0 Å². The zero-order valence-electron chi connectivity index (χ0n) is 12.9. The van der Waals surface area contributed by atoms with Crippen molar-refractivity contribution in [2.45, 2.75) is 78.4 Å². The molecule has 1 saturated carbocycles. The molecule has 0 saturated heterocycles. The first-order valence-corrected chi connectivity index (χ1v) is 7.96. The summed E-state index contributed by atoms with van der Waals surface area (Å²) in [4.78, 5) is 0. The van der Waals surface area contributed by atoms with E-state index < -0.39 is 0 Å². The van der Waals surface area contributed by atoms with Gasteiger partial charge in [0.2, 0.25) is 0 Å². The summed E-state index contributed by atoms with van der Waals surface area (Å²) in [6.07, 6.45) is 8.25. The van der Waals surface area contributed by atoms with Crippen molar-refractivity contribution in [1.82, 2.24) is 5.32 Å². The van der Waals surface area contributed by atoms with Gasteiger partial charge >= 0.3 is 0 Å². The number of hydrogen-bond acceptors (Lipinski definition) is 2. The molecular formula is C16H33NO. The van der Waals surface area contributed by atoms with Gasteiger partial charge in [-0.25, -0.2) is 0 Å². The molecule has 0 aromatic rings. The number of nitrogens with one attached hydrogen (secondary N) is 1. The molecule has 0 aromatic heterocycles. The van der Waals surface area contributed by atoms with Crippen LogP contribution in [0.5, 0.6) is 0 Å². The number of ether oxygens (including phenoxy) is 1. The first-order valence-electron chi connectivity index (χ1n) is 7.96. The Bertz CT molecular complexity index is 197. The Hall–Kier alpha value is -0.0800. The van der Waals surface area contributed by atoms with E-state index in [1.165, 1.54) is 38.5 Å². The van der Waals surface area contributed by atoms with Crippen LogP contribution < -0.4 is 5.32 Å². The van der Waals surface area contributed by atoms with Gasteiger partial charge in [0.1, 0.15) is 0 Å². The van der Waals surface area contributed by atoms with Gasteiger partial charge in [0.05, 0.1) is 6.10 Å². The molecule has 1 fully saturated rings. The summed E-state index contributed by atoms with van der Waals surface area (Å²) in [7, 11) is 0. The van der Waals surface area contributed by atoms with Gasteiger partial charge in [0.15, 0.2) is 0 Å². The lowest BCUT2D eigenvalue weighted by Crippen LogP contribution is -2.27. The molecule has 1 N–H and O–H groups in total. The van der Waals surface area contributed by atoms with E-state index in [-0.39, 0.29) is 0 Å². The summed E-state index contributed by atoms with van der Waals surface area (Å²) >= 11 is 0.